The van der Waals surface area contributed by atoms with Gasteiger partial charge in [-0.3, -0.25) is 0 Å². The Labute approximate surface area is 112 Å². The summed E-state index contributed by atoms with van der Waals surface area (Å²) in [6.45, 7) is 5.94. The van der Waals surface area contributed by atoms with E-state index in [1.165, 1.54) is 7.11 Å². The third kappa shape index (κ3) is 2.65. The molecule has 0 radical (unpaired) electrons. The van der Waals surface area contributed by atoms with E-state index in [0.717, 1.165) is 17.1 Å². The van der Waals surface area contributed by atoms with Gasteiger partial charge in [-0.2, -0.15) is 5.10 Å². The molecule has 0 fully saturated rings. The number of nitrogens with zero attached hydrogens (tertiary/aromatic N) is 3. The van der Waals surface area contributed by atoms with E-state index in [2.05, 4.69) is 10.1 Å². The lowest BCUT2D eigenvalue weighted by Crippen LogP contribution is -2.06. The molecule has 0 aliphatic rings. The van der Waals surface area contributed by atoms with Crippen LogP contribution in [0.3, 0.4) is 0 Å². The van der Waals surface area contributed by atoms with Gasteiger partial charge < -0.3 is 4.74 Å². The summed E-state index contributed by atoms with van der Waals surface area (Å²) in [7, 11) is 1.38. The molecule has 0 spiro atoms. The molecule has 5 heteroatoms. The first-order valence-corrected chi connectivity index (χ1v) is 6.14. The van der Waals surface area contributed by atoms with E-state index in [0.29, 0.717) is 5.56 Å². The van der Waals surface area contributed by atoms with E-state index in [4.69, 9.17) is 4.74 Å². The van der Waals surface area contributed by atoms with Crippen molar-refractivity contribution in [3.05, 3.63) is 41.5 Å². The van der Waals surface area contributed by atoms with Crippen LogP contribution in [0.15, 0.2) is 24.5 Å². The molecule has 1 heterocycles. The van der Waals surface area contributed by atoms with Gasteiger partial charge in [0.15, 0.2) is 5.82 Å². The van der Waals surface area contributed by atoms with Crippen molar-refractivity contribution in [1.82, 2.24) is 14.8 Å². The second-order valence-corrected chi connectivity index (χ2v) is 4.69. The number of carbonyl (C=O) groups excluding carboxylic acids is 1. The zero-order chi connectivity index (χ0) is 14.0. The molecule has 0 N–H and O–H groups in total. The molecule has 0 bridgehead atoms. The van der Waals surface area contributed by atoms with Gasteiger partial charge in [0.1, 0.15) is 6.33 Å². The molecule has 0 saturated carbocycles. The average molecular weight is 259 g/mol. The number of aromatic nitrogens is 3. The fourth-order valence-corrected chi connectivity index (χ4v) is 1.75. The highest BCUT2D eigenvalue weighted by atomic mass is 16.5. The van der Waals surface area contributed by atoms with Gasteiger partial charge in [0.2, 0.25) is 0 Å². The monoisotopic (exact) mass is 259 g/mol. The Morgan fingerprint density at radius 1 is 1.37 bits per heavy atom. The Bertz CT molecular complexity index is 602. The molecule has 0 amide bonds. The smallest absolute Gasteiger partial charge is 0.338 e. The predicted octanol–water partition coefficient (Wildman–Crippen LogP) is 2.49. The fourth-order valence-electron chi connectivity index (χ4n) is 1.75. The maximum Gasteiger partial charge on any atom is 0.338 e. The Morgan fingerprint density at radius 2 is 2.11 bits per heavy atom. The summed E-state index contributed by atoms with van der Waals surface area (Å²) in [6, 6.07) is 5.54. The van der Waals surface area contributed by atoms with Crippen molar-refractivity contribution in [1.29, 1.82) is 0 Å². The molecular formula is C14H17N3O2. The van der Waals surface area contributed by atoms with Crippen molar-refractivity contribution in [2.75, 3.05) is 7.11 Å². The molecule has 2 aromatic rings. The molecule has 0 atom stereocenters. The first-order valence-electron chi connectivity index (χ1n) is 6.14. The van der Waals surface area contributed by atoms with Crippen molar-refractivity contribution in [2.24, 2.45) is 0 Å². The van der Waals surface area contributed by atoms with Gasteiger partial charge in [-0.25, -0.2) is 14.5 Å². The zero-order valence-electron chi connectivity index (χ0n) is 11.5. The van der Waals surface area contributed by atoms with Crippen molar-refractivity contribution in [3.8, 4) is 5.69 Å². The maximum absolute atomic E-state index is 11.7. The number of hydrogen-bond acceptors (Lipinski definition) is 4. The molecular weight excluding hydrogens is 242 g/mol. The number of aryl methyl sites for hydroxylation is 1. The van der Waals surface area contributed by atoms with Crippen molar-refractivity contribution in [3.63, 3.8) is 0 Å². The van der Waals surface area contributed by atoms with Gasteiger partial charge in [-0.1, -0.05) is 19.9 Å². The Morgan fingerprint density at radius 3 is 2.68 bits per heavy atom. The van der Waals surface area contributed by atoms with Crippen LogP contribution in [-0.2, 0) is 4.74 Å². The summed E-state index contributed by atoms with van der Waals surface area (Å²) in [4.78, 5) is 15.9. The third-order valence-electron chi connectivity index (χ3n) is 2.92. The minimum absolute atomic E-state index is 0.270. The van der Waals surface area contributed by atoms with E-state index < -0.39 is 0 Å². The third-order valence-corrected chi connectivity index (χ3v) is 2.92. The molecule has 1 aromatic carbocycles. The van der Waals surface area contributed by atoms with Gasteiger partial charge in [-0.05, 0) is 24.6 Å². The molecule has 100 valence electrons. The second kappa shape index (κ2) is 5.22. The van der Waals surface area contributed by atoms with Crippen LogP contribution in [0.25, 0.3) is 5.69 Å². The van der Waals surface area contributed by atoms with Crippen LogP contribution in [-0.4, -0.2) is 27.8 Å². The summed E-state index contributed by atoms with van der Waals surface area (Å²) in [5.41, 5.74) is 2.21. The van der Waals surface area contributed by atoms with E-state index in [1.807, 2.05) is 32.9 Å². The number of carbonyl (C=O) groups is 1. The number of methoxy groups -OCH3 is 1. The quantitative estimate of drug-likeness (QED) is 0.795. The highest BCUT2D eigenvalue weighted by molar-refractivity contribution is 5.91. The normalized spacial score (nSPS) is 10.8. The van der Waals surface area contributed by atoms with E-state index in [9.17, 15) is 4.79 Å². The Hall–Kier alpha value is -2.17. The maximum atomic E-state index is 11.7. The van der Waals surface area contributed by atoms with Crippen LogP contribution < -0.4 is 0 Å². The van der Waals surface area contributed by atoms with Gasteiger partial charge >= 0.3 is 5.97 Å². The average Bonchev–Trinajstić information content (AvgIpc) is 2.88. The first kappa shape index (κ1) is 13.3. The summed E-state index contributed by atoms with van der Waals surface area (Å²) < 4.78 is 6.44. The highest BCUT2D eigenvalue weighted by Gasteiger charge is 2.12. The van der Waals surface area contributed by atoms with Crippen LogP contribution in [0, 0.1) is 6.92 Å². The largest absolute Gasteiger partial charge is 0.465 e. The van der Waals surface area contributed by atoms with Crippen LogP contribution in [0.4, 0.5) is 0 Å². The fraction of sp³-hybridized carbons (Fsp3) is 0.357. The van der Waals surface area contributed by atoms with Crippen LogP contribution in [0.5, 0.6) is 0 Å². The van der Waals surface area contributed by atoms with E-state index >= 15 is 0 Å². The van der Waals surface area contributed by atoms with Crippen molar-refractivity contribution >= 4 is 5.97 Å². The lowest BCUT2D eigenvalue weighted by atomic mass is 10.1. The number of hydrogen-bond donors (Lipinski definition) is 0. The van der Waals surface area contributed by atoms with Crippen LogP contribution >= 0.6 is 0 Å². The topological polar surface area (TPSA) is 57.0 Å². The molecule has 5 nitrogen and oxygen atoms in total. The van der Waals surface area contributed by atoms with Crippen molar-refractivity contribution in [2.45, 2.75) is 26.7 Å². The Kier molecular flexibility index (Phi) is 3.64. The summed E-state index contributed by atoms with van der Waals surface area (Å²) in [5, 5.41) is 4.39. The number of benzene rings is 1. The van der Waals surface area contributed by atoms with Gasteiger partial charge in [0, 0.05) is 5.92 Å². The molecule has 2 rings (SSSR count). The zero-order valence-corrected chi connectivity index (χ0v) is 11.5. The Balaban J connectivity index is 2.42. The molecule has 19 heavy (non-hydrogen) atoms. The molecule has 0 aliphatic heterocycles. The minimum Gasteiger partial charge on any atom is -0.465 e. The summed E-state index contributed by atoms with van der Waals surface area (Å²) in [6.07, 6.45) is 1.65. The summed E-state index contributed by atoms with van der Waals surface area (Å²) in [5.74, 6) is 0.704. The lowest BCUT2D eigenvalue weighted by Gasteiger charge is -2.07. The highest BCUT2D eigenvalue weighted by Crippen LogP contribution is 2.16. The summed E-state index contributed by atoms with van der Waals surface area (Å²) >= 11 is 0. The number of rotatable bonds is 3. The second-order valence-electron chi connectivity index (χ2n) is 4.69. The van der Waals surface area contributed by atoms with Crippen LogP contribution in [0.1, 0.15) is 41.5 Å². The van der Waals surface area contributed by atoms with Crippen molar-refractivity contribution < 1.29 is 9.53 Å². The van der Waals surface area contributed by atoms with E-state index in [-0.39, 0.29) is 11.9 Å². The van der Waals surface area contributed by atoms with Gasteiger partial charge in [0.05, 0.1) is 18.4 Å². The van der Waals surface area contributed by atoms with Crippen LogP contribution in [0.2, 0.25) is 0 Å². The minimum atomic E-state index is -0.344. The molecule has 1 aromatic heterocycles. The van der Waals surface area contributed by atoms with Gasteiger partial charge in [0.25, 0.3) is 0 Å². The first-order chi connectivity index (χ1) is 9.02. The molecule has 0 unspecified atom stereocenters. The molecule has 0 aliphatic carbocycles. The predicted molar refractivity (Wildman–Crippen MR) is 71.5 cm³/mol. The number of esters is 1. The van der Waals surface area contributed by atoms with E-state index in [1.54, 1.807) is 17.1 Å². The molecule has 0 saturated heterocycles. The standard InChI is InChI=1S/C14H17N3O2/c1-9(2)13-15-8-17(16-13)11-6-5-10(3)12(7-11)14(18)19-4/h5-9H,1-4H3. The SMILES string of the molecule is COC(=O)c1cc(-n2cnc(C(C)C)n2)ccc1C. The lowest BCUT2D eigenvalue weighted by molar-refractivity contribution is 0.0600. The number of ether oxygens (including phenoxy) is 1. The van der Waals surface area contributed by atoms with Gasteiger partial charge in [-0.15, -0.1) is 0 Å².